The zero-order chi connectivity index (χ0) is 14.6. The number of hydrogen-bond donors (Lipinski definition) is 6. The summed E-state index contributed by atoms with van der Waals surface area (Å²) in [5, 5.41) is 20.1. The van der Waals surface area contributed by atoms with Gasteiger partial charge in [0.05, 0.1) is 0 Å². The van der Waals surface area contributed by atoms with Crippen molar-refractivity contribution in [3.05, 3.63) is 33.9 Å². The molecule has 6 nitrogen and oxygen atoms in total. The van der Waals surface area contributed by atoms with E-state index in [0.717, 1.165) is 27.8 Å². The van der Waals surface area contributed by atoms with Crippen LogP contribution in [0.3, 0.4) is 0 Å². The van der Waals surface area contributed by atoms with Crippen LogP contribution in [-0.2, 0) is 13.1 Å². The summed E-state index contributed by atoms with van der Waals surface area (Å²) in [5.41, 5.74) is 16.4. The molecule has 8 N–H and O–H groups in total. The molecule has 0 bridgehead atoms. The molecule has 0 atom stereocenters. The molecule has 1 aromatic carbocycles. The Balaban J connectivity index is 3.07. The Kier molecular flexibility index (Phi) is 4.74. The van der Waals surface area contributed by atoms with Gasteiger partial charge in [0.15, 0.2) is 11.9 Å². The van der Waals surface area contributed by atoms with Gasteiger partial charge >= 0.3 is 0 Å². The van der Waals surface area contributed by atoms with Crippen molar-refractivity contribution in [3.8, 4) is 0 Å². The van der Waals surface area contributed by atoms with E-state index in [9.17, 15) is 0 Å². The van der Waals surface area contributed by atoms with E-state index in [0.29, 0.717) is 13.1 Å². The molecular formula is C13H22N6. The standard InChI is InChI=1S/C13H22N6/c1-7-4-8(2)11(6-19-13(16)17)9(3)10(7)5-18-12(14)15/h4H,5-6H2,1-3H3,(H4,14,15,18)(H4,16,17,19). The second kappa shape index (κ2) is 6.08. The minimum absolute atomic E-state index is 0.0391. The van der Waals surface area contributed by atoms with Crippen molar-refractivity contribution in [2.75, 3.05) is 0 Å². The summed E-state index contributed by atoms with van der Waals surface area (Å²) >= 11 is 0. The SMILES string of the molecule is Cc1cc(C)c(CNC(=N)N)c(C)c1CNC(=N)N. The first-order valence-corrected chi connectivity index (χ1v) is 6.07. The highest BCUT2D eigenvalue weighted by atomic mass is 15.0. The van der Waals surface area contributed by atoms with E-state index < -0.39 is 0 Å². The maximum absolute atomic E-state index is 7.23. The third-order valence-electron chi connectivity index (χ3n) is 3.20. The summed E-state index contributed by atoms with van der Waals surface area (Å²) < 4.78 is 0. The van der Waals surface area contributed by atoms with Crippen LogP contribution in [0.2, 0.25) is 0 Å². The molecule has 19 heavy (non-hydrogen) atoms. The van der Waals surface area contributed by atoms with E-state index in [4.69, 9.17) is 22.3 Å². The third kappa shape index (κ3) is 3.87. The van der Waals surface area contributed by atoms with Gasteiger partial charge in [-0.25, -0.2) is 0 Å². The number of nitrogens with two attached hydrogens (primary N) is 2. The fraction of sp³-hybridized carbons (Fsp3) is 0.385. The lowest BCUT2D eigenvalue weighted by atomic mass is 9.93. The largest absolute Gasteiger partial charge is 0.370 e. The second-order valence-corrected chi connectivity index (χ2v) is 4.63. The normalized spacial score (nSPS) is 10.1. The molecule has 0 heterocycles. The Morgan fingerprint density at radius 3 is 1.63 bits per heavy atom. The van der Waals surface area contributed by atoms with Gasteiger partial charge in [0.2, 0.25) is 0 Å². The van der Waals surface area contributed by atoms with Crippen molar-refractivity contribution in [2.24, 2.45) is 11.5 Å². The highest BCUT2D eigenvalue weighted by molar-refractivity contribution is 5.75. The first-order valence-electron chi connectivity index (χ1n) is 6.07. The zero-order valence-electron chi connectivity index (χ0n) is 11.6. The van der Waals surface area contributed by atoms with Gasteiger partial charge in [-0.1, -0.05) is 6.07 Å². The summed E-state index contributed by atoms with van der Waals surface area (Å²) in [6.07, 6.45) is 0. The van der Waals surface area contributed by atoms with Crippen molar-refractivity contribution < 1.29 is 0 Å². The Hall–Kier alpha value is -2.24. The highest BCUT2D eigenvalue weighted by Gasteiger charge is 2.11. The van der Waals surface area contributed by atoms with E-state index in [1.54, 1.807) is 0 Å². The number of rotatable bonds is 4. The minimum Gasteiger partial charge on any atom is -0.370 e. The van der Waals surface area contributed by atoms with Crippen LogP contribution in [0.5, 0.6) is 0 Å². The fourth-order valence-electron chi connectivity index (χ4n) is 2.18. The van der Waals surface area contributed by atoms with Gasteiger partial charge in [-0.2, -0.15) is 0 Å². The summed E-state index contributed by atoms with van der Waals surface area (Å²) in [6, 6.07) is 2.10. The monoisotopic (exact) mass is 262 g/mol. The molecule has 6 heteroatoms. The third-order valence-corrected chi connectivity index (χ3v) is 3.20. The minimum atomic E-state index is -0.0391. The molecule has 0 radical (unpaired) electrons. The molecular weight excluding hydrogens is 240 g/mol. The summed E-state index contributed by atoms with van der Waals surface area (Å²) in [5.74, 6) is -0.0782. The number of hydrogen-bond acceptors (Lipinski definition) is 2. The number of guanidine groups is 2. The van der Waals surface area contributed by atoms with E-state index >= 15 is 0 Å². The van der Waals surface area contributed by atoms with Crippen LogP contribution in [0.25, 0.3) is 0 Å². The predicted molar refractivity (Wildman–Crippen MR) is 78.2 cm³/mol. The van der Waals surface area contributed by atoms with Crippen LogP contribution < -0.4 is 22.1 Å². The average Bonchev–Trinajstić information content (AvgIpc) is 2.27. The molecule has 0 aliphatic rings. The first-order chi connectivity index (χ1) is 8.82. The molecule has 0 aromatic heterocycles. The van der Waals surface area contributed by atoms with Gasteiger partial charge in [-0.3, -0.25) is 10.8 Å². The van der Waals surface area contributed by atoms with E-state index in [1.165, 1.54) is 0 Å². The molecule has 0 amide bonds. The van der Waals surface area contributed by atoms with Crippen LogP contribution in [-0.4, -0.2) is 11.9 Å². The van der Waals surface area contributed by atoms with Gasteiger partial charge in [-0.05, 0) is 48.6 Å². The molecule has 0 spiro atoms. The summed E-state index contributed by atoms with van der Waals surface area (Å²) in [6.45, 7) is 7.17. The molecule has 0 aliphatic carbocycles. The number of benzene rings is 1. The van der Waals surface area contributed by atoms with E-state index in [2.05, 4.69) is 16.7 Å². The number of aryl methyl sites for hydroxylation is 2. The van der Waals surface area contributed by atoms with Crippen molar-refractivity contribution in [2.45, 2.75) is 33.9 Å². The van der Waals surface area contributed by atoms with Crippen LogP contribution in [0.15, 0.2) is 6.07 Å². The summed E-state index contributed by atoms with van der Waals surface area (Å²) in [7, 11) is 0. The Bertz CT molecular complexity index is 464. The molecule has 1 rings (SSSR count). The van der Waals surface area contributed by atoms with Gasteiger partial charge < -0.3 is 22.1 Å². The van der Waals surface area contributed by atoms with Crippen LogP contribution in [0.1, 0.15) is 27.8 Å². The smallest absolute Gasteiger partial charge is 0.185 e. The van der Waals surface area contributed by atoms with Gasteiger partial charge in [0.25, 0.3) is 0 Å². The van der Waals surface area contributed by atoms with Crippen molar-refractivity contribution in [3.63, 3.8) is 0 Å². The Morgan fingerprint density at radius 1 is 0.947 bits per heavy atom. The van der Waals surface area contributed by atoms with Crippen molar-refractivity contribution >= 4 is 11.9 Å². The van der Waals surface area contributed by atoms with Crippen LogP contribution in [0.4, 0.5) is 0 Å². The van der Waals surface area contributed by atoms with Crippen LogP contribution >= 0.6 is 0 Å². The lowest BCUT2D eigenvalue weighted by Gasteiger charge is -2.18. The topological polar surface area (TPSA) is 124 Å². The molecule has 0 saturated heterocycles. The highest BCUT2D eigenvalue weighted by Crippen LogP contribution is 2.22. The van der Waals surface area contributed by atoms with Gasteiger partial charge in [-0.15, -0.1) is 0 Å². The first kappa shape index (κ1) is 14.8. The molecule has 0 aliphatic heterocycles. The molecule has 0 fully saturated rings. The van der Waals surface area contributed by atoms with Gasteiger partial charge in [0.1, 0.15) is 0 Å². The maximum atomic E-state index is 7.23. The van der Waals surface area contributed by atoms with Crippen LogP contribution in [0, 0.1) is 31.6 Å². The molecule has 0 unspecified atom stereocenters. The molecule has 1 aromatic rings. The second-order valence-electron chi connectivity index (χ2n) is 4.63. The molecule has 0 saturated carbocycles. The fourth-order valence-corrected chi connectivity index (χ4v) is 2.18. The zero-order valence-corrected chi connectivity index (χ0v) is 11.6. The Morgan fingerprint density at radius 2 is 1.32 bits per heavy atom. The van der Waals surface area contributed by atoms with E-state index in [1.807, 2.05) is 20.8 Å². The number of nitrogens with one attached hydrogen (secondary N) is 4. The quantitative estimate of drug-likeness (QED) is 0.351. The Labute approximate surface area is 113 Å². The van der Waals surface area contributed by atoms with Crippen molar-refractivity contribution in [1.29, 1.82) is 10.8 Å². The van der Waals surface area contributed by atoms with Gasteiger partial charge in [0, 0.05) is 13.1 Å². The van der Waals surface area contributed by atoms with E-state index in [-0.39, 0.29) is 11.9 Å². The average molecular weight is 262 g/mol. The maximum Gasteiger partial charge on any atom is 0.185 e. The molecule has 104 valence electrons. The lowest BCUT2D eigenvalue weighted by molar-refractivity contribution is 0.843. The van der Waals surface area contributed by atoms with Crippen molar-refractivity contribution in [1.82, 2.24) is 10.6 Å². The lowest BCUT2D eigenvalue weighted by Crippen LogP contribution is -2.31. The summed E-state index contributed by atoms with van der Waals surface area (Å²) in [4.78, 5) is 0. The predicted octanol–water partition coefficient (Wildman–Crippen LogP) is 0.578.